The molecule has 0 saturated heterocycles. The SMILES string of the molecule is CCCN(CCC)[C@H]1Cc2c(OC)ccc3c2[C@H](CN3)C1. The lowest BCUT2D eigenvalue weighted by Crippen LogP contribution is -2.41. The number of hydrogen-bond acceptors (Lipinski definition) is 3. The van der Waals surface area contributed by atoms with E-state index in [4.69, 9.17) is 4.74 Å². The maximum absolute atomic E-state index is 5.65. The molecule has 0 saturated carbocycles. The smallest absolute Gasteiger partial charge is 0.122 e. The van der Waals surface area contributed by atoms with Gasteiger partial charge in [0.2, 0.25) is 0 Å². The van der Waals surface area contributed by atoms with E-state index in [0.29, 0.717) is 12.0 Å². The predicted molar refractivity (Wildman–Crippen MR) is 88.5 cm³/mol. The van der Waals surface area contributed by atoms with Gasteiger partial charge in [-0.2, -0.15) is 0 Å². The highest BCUT2D eigenvalue weighted by molar-refractivity contribution is 5.65. The second-order valence-corrected chi connectivity index (χ2v) is 6.42. The standard InChI is InChI=1S/C18H28N2O/c1-4-8-20(9-5-2)14-10-13-12-19-16-6-7-17(21-3)15(11-14)18(13)16/h6-7,13-14,19H,4-5,8-12H2,1-3H3/t13-,14+/m0/s1. The second-order valence-electron chi connectivity index (χ2n) is 6.42. The third-order valence-corrected chi connectivity index (χ3v) is 5.02. The van der Waals surface area contributed by atoms with E-state index in [9.17, 15) is 0 Å². The zero-order chi connectivity index (χ0) is 14.8. The highest BCUT2D eigenvalue weighted by atomic mass is 16.5. The Morgan fingerprint density at radius 1 is 1.24 bits per heavy atom. The van der Waals surface area contributed by atoms with Crippen molar-refractivity contribution in [1.82, 2.24) is 4.90 Å². The van der Waals surface area contributed by atoms with Crippen molar-refractivity contribution < 1.29 is 4.74 Å². The van der Waals surface area contributed by atoms with E-state index in [1.807, 2.05) is 0 Å². The summed E-state index contributed by atoms with van der Waals surface area (Å²) in [5.41, 5.74) is 4.34. The fourth-order valence-electron chi connectivity index (χ4n) is 4.18. The van der Waals surface area contributed by atoms with Crippen LogP contribution >= 0.6 is 0 Å². The maximum Gasteiger partial charge on any atom is 0.122 e. The fourth-order valence-corrected chi connectivity index (χ4v) is 4.18. The molecule has 2 aliphatic rings. The maximum atomic E-state index is 5.65. The van der Waals surface area contributed by atoms with Crippen LogP contribution < -0.4 is 10.1 Å². The number of methoxy groups -OCH3 is 1. The van der Waals surface area contributed by atoms with Crippen molar-refractivity contribution in [3.05, 3.63) is 23.3 Å². The van der Waals surface area contributed by atoms with E-state index in [0.717, 1.165) is 18.7 Å². The molecule has 0 spiro atoms. The van der Waals surface area contributed by atoms with Crippen molar-refractivity contribution in [2.45, 2.75) is 51.5 Å². The Kier molecular flexibility index (Phi) is 4.39. The predicted octanol–water partition coefficient (Wildman–Crippen LogP) is 3.64. The summed E-state index contributed by atoms with van der Waals surface area (Å²) in [4.78, 5) is 2.70. The van der Waals surface area contributed by atoms with Crippen LogP contribution in [0.5, 0.6) is 5.75 Å². The van der Waals surface area contributed by atoms with Crippen LogP contribution in [0.3, 0.4) is 0 Å². The number of benzene rings is 1. The van der Waals surface area contributed by atoms with Gasteiger partial charge in [0.25, 0.3) is 0 Å². The fraction of sp³-hybridized carbons (Fsp3) is 0.667. The first-order chi connectivity index (χ1) is 10.3. The molecular formula is C18H28N2O. The Hall–Kier alpha value is -1.22. The molecule has 3 rings (SSSR count). The van der Waals surface area contributed by atoms with E-state index >= 15 is 0 Å². The molecule has 2 atom stereocenters. The van der Waals surface area contributed by atoms with E-state index in [-0.39, 0.29) is 0 Å². The third-order valence-electron chi connectivity index (χ3n) is 5.02. The summed E-state index contributed by atoms with van der Waals surface area (Å²) >= 11 is 0. The topological polar surface area (TPSA) is 24.5 Å². The van der Waals surface area contributed by atoms with Gasteiger partial charge in [-0.3, -0.25) is 0 Å². The van der Waals surface area contributed by atoms with E-state index < -0.39 is 0 Å². The van der Waals surface area contributed by atoms with E-state index in [1.54, 1.807) is 12.7 Å². The molecule has 0 bridgehead atoms. The van der Waals surface area contributed by atoms with Crippen molar-refractivity contribution >= 4 is 5.69 Å². The van der Waals surface area contributed by atoms with Crippen LogP contribution in [-0.4, -0.2) is 37.7 Å². The highest BCUT2D eigenvalue weighted by Crippen LogP contribution is 2.45. The third kappa shape index (κ3) is 2.64. The molecule has 1 aromatic carbocycles. The molecule has 1 aliphatic carbocycles. The van der Waals surface area contributed by atoms with Crippen molar-refractivity contribution in [2.24, 2.45) is 0 Å². The second kappa shape index (κ2) is 6.27. The average molecular weight is 288 g/mol. The monoisotopic (exact) mass is 288 g/mol. The van der Waals surface area contributed by atoms with Gasteiger partial charge in [-0.1, -0.05) is 13.8 Å². The summed E-state index contributed by atoms with van der Waals surface area (Å²) in [5.74, 6) is 1.75. The van der Waals surface area contributed by atoms with Gasteiger partial charge in [-0.25, -0.2) is 0 Å². The first-order valence-electron chi connectivity index (χ1n) is 8.46. The lowest BCUT2D eigenvalue weighted by Gasteiger charge is -2.37. The van der Waals surface area contributed by atoms with Gasteiger partial charge in [0.15, 0.2) is 0 Å². The number of nitrogens with one attached hydrogen (secondary N) is 1. The molecule has 1 aliphatic heterocycles. The molecule has 0 radical (unpaired) electrons. The molecule has 3 nitrogen and oxygen atoms in total. The molecule has 1 heterocycles. The van der Waals surface area contributed by atoms with Crippen molar-refractivity contribution in [1.29, 1.82) is 0 Å². The van der Waals surface area contributed by atoms with Gasteiger partial charge < -0.3 is 15.0 Å². The molecular weight excluding hydrogens is 260 g/mol. The van der Waals surface area contributed by atoms with Crippen LogP contribution in [0.25, 0.3) is 0 Å². The molecule has 0 unspecified atom stereocenters. The lowest BCUT2D eigenvalue weighted by molar-refractivity contribution is 0.171. The summed E-state index contributed by atoms with van der Waals surface area (Å²) in [6, 6.07) is 5.00. The average Bonchev–Trinajstić information content (AvgIpc) is 2.92. The molecule has 116 valence electrons. The van der Waals surface area contributed by atoms with Gasteiger partial charge in [0.05, 0.1) is 7.11 Å². The molecule has 1 aromatic rings. The van der Waals surface area contributed by atoms with Gasteiger partial charge in [0, 0.05) is 29.8 Å². The molecule has 3 heteroatoms. The van der Waals surface area contributed by atoms with Crippen LogP contribution in [0, 0.1) is 0 Å². The highest BCUT2D eigenvalue weighted by Gasteiger charge is 2.36. The summed E-state index contributed by atoms with van der Waals surface area (Å²) in [5, 5.41) is 3.58. The molecule has 21 heavy (non-hydrogen) atoms. The number of anilines is 1. The van der Waals surface area contributed by atoms with Crippen molar-refractivity contribution in [2.75, 3.05) is 32.1 Å². The Morgan fingerprint density at radius 3 is 2.67 bits per heavy atom. The molecule has 0 amide bonds. The van der Waals surface area contributed by atoms with Crippen LogP contribution in [0.2, 0.25) is 0 Å². The van der Waals surface area contributed by atoms with Gasteiger partial charge in [0.1, 0.15) is 5.75 Å². The number of hydrogen-bond donors (Lipinski definition) is 1. The summed E-state index contributed by atoms with van der Waals surface area (Å²) < 4.78 is 5.65. The molecule has 1 N–H and O–H groups in total. The van der Waals surface area contributed by atoms with Crippen LogP contribution in [0.1, 0.15) is 50.2 Å². The summed E-state index contributed by atoms with van der Waals surface area (Å²) in [6.45, 7) is 8.11. The van der Waals surface area contributed by atoms with E-state index in [2.05, 4.69) is 36.2 Å². The zero-order valence-electron chi connectivity index (χ0n) is 13.6. The van der Waals surface area contributed by atoms with Crippen molar-refractivity contribution in [3.8, 4) is 5.75 Å². The number of nitrogens with zero attached hydrogens (tertiary/aromatic N) is 1. The minimum Gasteiger partial charge on any atom is -0.496 e. The largest absolute Gasteiger partial charge is 0.496 e. The minimum absolute atomic E-state index is 0.667. The van der Waals surface area contributed by atoms with Gasteiger partial charge in [-0.15, -0.1) is 0 Å². The zero-order valence-corrected chi connectivity index (χ0v) is 13.6. The summed E-state index contributed by atoms with van der Waals surface area (Å²) in [7, 11) is 1.80. The van der Waals surface area contributed by atoms with Crippen LogP contribution in [-0.2, 0) is 6.42 Å². The number of rotatable bonds is 6. The van der Waals surface area contributed by atoms with E-state index in [1.165, 1.54) is 43.6 Å². The normalized spacial score (nSPS) is 23.0. The van der Waals surface area contributed by atoms with Gasteiger partial charge >= 0.3 is 0 Å². The Labute approximate surface area is 128 Å². The summed E-state index contributed by atoms with van der Waals surface area (Å²) in [6.07, 6.45) is 4.91. The van der Waals surface area contributed by atoms with Crippen molar-refractivity contribution in [3.63, 3.8) is 0 Å². The Balaban J connectivity index is 1.90. The first-order valence-corrected chi connectivity index (χ1v) is 8.46. The van der Waals surface area contributed by atoms with Crippen LogP contribution in [0.15, 0.2) is 12.1 Å². The minimum atomic E-state index is 0.667. The Bertz CT molecular complexity index is 494. The molecule has 0 fully saturated rings. The van der Waals surface area contributed by atoms with Crippen LogP contribution in [0.4, 0.5) is 5.69 Å². The number of ether oxygens (including phenoxy) is 1. The Morgan fingerprint density at radius 2 is 2.00 bits per heavy atom. The van der Waals surface area contributed by atoms with Gasteiger partial charge in [-0.05, 0) is 56.5 Å². The molecule has 0 aromatic heterocycles. The quantitative estimate of drug-likeness (QED) is 0.865. The first kappa shape index (κ1) is 14.7. The lowest BCUT2D eigenvalue weighted by atomic mass is 9.80.